The van der Waals surface area contributed by atoms with Gasteiger partial charge in [-0.25, -0.2) is 4.98 Å². The number of thiazole rings is 1. The number of aryl methyl sites for hydroxylation is 1. The Bertz CT molecular complexity index is 654. The van der Waals surface area contributed by atoms with Crippen LogP contribution in [0.1, 0.15) is 19.4 Å². The number of rotatable bonds is 3. The molecule has 0 spiro atoms. The Balaban J connectivity index is 2.22. The lowest BCUT2D eigenvalue weighted by Crippen LogP contribution is -2.25. The molecule has 0 aliphatic carbocycles. The molecule has 0 aliphatic heterocycles. The van der Waals surface area contributed by atoms with Crippen LogP contribution in [-0.2, 0) is 4.79 Å². The molecule has 1 N–H and O–H groups in total. The molecule has 5 heteroatoms. The smallest absolute Gasteiger partial charge is 0.243 e. The molecule has 1 aromatic carbocycles. The highest BCUT2D eigenvalue weighted by Gasteiger charge is 2.22. The Hall–Kier alpha value is -1.93. The average Bonchev–Trinajstić information content (AvgIpc) is 2.70. The minimum absolute atomic E-state index is 0.0124. The summed E-state index contributed by atoms with van der Waals surface area (Å²) in [5.74, 6) is -0.941. The molecule has 4 nitrogen and oxygen atoms in total. The first-order valence-electron chi connectivity index (χ1n) is 6.09. The SMILES string of the molecule is Cc1ccc2nc(NC(=O)C(C#N)C(C)C)sc2c1. The summed E-state index contributed by atoms with van der Waals surface area (Å²) in [5, 5.41) is 12.3. The normalized spacial score (nSPS) is 12.4. The number of hydrogen-bond donors (Lipinski definition) is 1. The second-order valence-corrected chi connectivity index (χ2v) is 5.86. The zero-order valence-electron chi connectivity index (χ0n) is 11.1. The number of amides is 1. The maximum Gasteiger partial charge on any atom is 0.243 e. The highest BCUT2D eigenvalue weighted by molar-refractivity contribution is 7.22. The molecular formula is C14H15N3OS. The number of carbonyl (C=O) groups is 1. The fraction of sp³-hybridized carbons (Fsp3) is 0.357. The summed E-state index contributed by atoms with van der Waals surface area (Å²) in [6, 6.07) is 7.98. The fourth-order valence-electron chi connectivity index (χ4n) is 1.78. The van der Waals surface area contributed by atoms with E-state index in [2.05, 4.69) is 10.3 Å². The number of fused-ring (bicyclic) bond motifs is 1. The van der Waals surface area contributed by atoms with E-state index in [1.54, 1.807) is 0 Å². The van der Waals surface area contributed by atoms with Gasteiger partial charge in [0.25, 0.3) is 0 Å². The van der Waals surface area contributed by atoms with Crippen LogP contribution in [0.15, 0.2) is 18.2 Å². The quantitative estimate of drug-likeness (QED) is 0.932. The molecule has 0 aliphatic rings. The topological polar surface area (TPSA) is 65.8 Å². The Morgan fingerprint density at radius 1 is 1.47 bits per heavy atom. The second-order valence-electron chi connectivity index (χ2n) is 4.83. The van der Waals surface area contributed by atoms with Crippen LogP contribution in [0.25, 0.3) is 10.2 Å². The first-order chi connectivity index (χ1) is 9.01. The van der Waals surface area contributed by atoms with Crippen LogP contribution >= 0.6 is 11.3 Å². The van der Waals surface area contributed by atoms with Crippen molar-refractivity contribution in [2.24, 2.45) is 11.8 Å². The van der Waals surface area contributed by atoms with Gasteiger partial charge >= 0.3 is 0 Å². The van der Waals surface area contributed by atoms with Crippen LogP contribution in [0.2, 0.25) is 0 Å². The largest absolute Gasteiger partial charge is 0.301 e. The van der Waals surface area contributed by atoms with Crippen LogP contribution in [-0.4, -0.2) is 10.9 Å². The molecule has 0 saturated heterocycles. The monoisotopic (exact) mass is 273 g/mol. The third-order valence-electron chi connectivity index (χ3n) is 2.86. The zero-order chi connectivity index (χ0) is 14.0. The number of nitriles is 1. The van der Waals surface area contributed by atoms with Crippen molar-refractivity contribution in [3.63, 3.8) is 0 Å². The highest BCUT2D eigenvalue weighted by atomic mass is 32.1. The van der Waals surface area contributed by atoms with E-state index >= 15 is 0 Å². The van der Waals surface area contributed by atoms with Gasteiger partial charge in [-0.05, 0) is 30.5 Å². The van der Waals surface area contributed by atoms with Crippen LogP contribution in [0.3, 0.4) is 0 Å². The molecular weight excluding hydrogens is 258 g/mol. The van der Waals surface area contributed by atoms with Gasteiger partial charge in [0.15, 0.2) is 5.13 Å². The van der Waals surface area contributed by atoms with Crippen molar-refractivity contribution in [2.45, 2.75) is 20.8 Å². The summed E-state index contributed by atoms with van der Waals surface area (Å²) in [7, 11) is 0. The van der Waals surface area contributed by atoms with Gasteiger partial charge < -0.3 is 5.32 Å². The number of anilines is 1. The lowest BCUT2D eigenvalue weighted by molar-refractivity contribution is -0.119. The third kappa shape index (κ3) is 2.91. The van der Waals surface area contributed by atoms with Crippen molar-refractivity contribution in [1.29, 1.82) is 5.26 Å². The third-order valence-corrected chi connectivity index (χ3v) is 3.80. The zero-order valence-corrected chi connectivity index (χ0v) is 11.9. The molecule has 1 unspecified atom stereocenters. The number of nitrogens with zero attached hydrogens (tertiary/aromatic N) is 2. The second kappa shape index (κ2) is 5.37. The van der Waals surface area contributed by atoms with E-state index < -0.39 is 5.92 Å². The minimum atomic E-state index is -0.645. The number of nitrogens with one attached hydrogen (secondary N) is 1. The van der Waals surface area contributed by atoms with Crippen molar-refractivity contribution in [2.75, 3.05) is 5.32 Å². The van der Waals surface area contributed by atoms with Crippen LogP contribution < -0.4 is 5.32 Å². The van der Waals surface area contributed by atoms with Gasteiger partial charge in [-0.3, -0.25) is 4.79 Å². The fourth-order valence-corrected chi connectivity index (χ4v) is 2.75. The molecule has 19 heavy (non-hydrogen) atoms. The molecule has 1 amide bonds. The van der Waals surface area contributed by atoms with Crippen molar-refractivity contribution in [3.8, 4) is 6.07 Å². The number of carbonyl (C=O) groups excluding carboxylic acids is 1. The van der Waals surface area contributed by atoms with Crippen molar-refractivity contribution >= 4 is 32.6 Å². The van der Waals surface area contributed by atoms with Gasteiger partial charge in [0.05, 0.1) is 16.3 Å². The van der Waals surface area contributed by atoms with Gasteiger partial charge in [-0.2, -0.15) is 5.26 Å². The van der Waals surface area contributed by atoms with E-state index in [0.717, 1.165) is 15.8 Å². The molecule has 2 rings (SSSR count). The predicted octanol–water partition coefficient (Wildman–Crippen LogP) is 3.34. The first-order valence-corrected chi connectivity index (χ1v) is 6.90. The molecule has 98 valence electrons. The Morgan fingerprint density at radius 3 is 2.84 bits per heavy atom. The molecule has 2 aromatic rings. The molecule has 1 atom stereocenters. The van der Waals surface area contributed by atoms with E-state index in [1.807, 2.05) is 45.0 Å². The van der Waals surface area contributed by atoms with Crippen molar-refractivity contribution < 1.29 is 4.79 Å². The highest BCUT2D eigenvalue weighted by Crippen LogP contribution is 2.27. The summed E-state index contributed by atoms with van der Waals surface area (Å²) in [4.78, 5) is 16.3. The van der Waals surface area contributed by atoms with E-state index in [9.17, 15) is 4.79 Å². The predicted molar refractivity (Wildman–Crippen MR) is 76.9 cm³/mol. The number of benzene rings is 1. The lowest BCUT2D eigenvalue weighted by Gasteiger charge is -2.11. The van der Waals surface area contributed by atoms with Gasteiger partial charge in [-0.1, -0.05) is 31.3 Å². The van der Waals surface area contributed by atoms with Crippen molar-refractivity contribution in [1.82, 2.24) is 4.98 Å². The van der Waals surface area contributed by atoms with Crippen molar-refractivity contribution in [3.05, 3.63) is 23.8 Å². The maximum absolute atomic E-state index is 12.0. The summed E-state index contributed by atoms with van der Waals surface area (Å²) in [5.41, 5.74) is 2.02. The Morgan fingerprint density at radius 2 is 2.21 bits per heavy atom. The van der Waals surface area contributed by atoms with Gasteiger partial charge in [0.2, 0.25) is 5.91 Å². The number of aromatic nitrogens is 1. The minimum Gasteiger partial charge on any atom is -0.301 e. The maximum atomic E-state index is 12.0. The van der Waals surface area contributed by atoms with Crippen LogP contribution in [0, 0.1) is 30.1 Å². The van der Waals surface area contributed by atoms with E-state index in [1.165, 1.54) is 11.3 Å². The van der Waals surface area contributed by atoms with Crippen LogP contribution in [0.5, 0.6) is 0 Å². The Kier molecular flexibility index (Phi) is 3.82. The molecule has 1 heterocycles. The number of hydrogen-bond acceptors (Lipinski definition) is 4. The standard InChI is InChI=1S/C14H15N3OS/c1-8(2)10(7-15)13(18)17-14-16-11-5-4-9(3)6-12(11)19-14/h4-6,8,10H,1-3H3,(H,16,17,18). The van der Waals surface area contributed by atoms with Gasteiger partial charge in [-0.15, -0.1) is 0 Å². The molecule has 0 saturated carbocycles. The summed E-state index contributed by atoms with van der Waals surface area (Å²) >= 11 is 1.43. The lowest BCUT2D eigenvalue weighted by atomic mass is 9.97. The summed E-state index contributed by atoms with van der Waals surface area (Å²) < 4.78 is 1.04. The summed E-state index contributed by atoms with van der Waals surface area (Å²) in [6.45, 7) is 5.73. The van der Waals surface area contributed by atoms with E-state index in [4.69, 9.17) is 5.26 Å². The molecule has 0 radical (unpaired) electrons. The van der Waals surface area contributed by atoms with Gasteiger partial charge in [0, 0.05) is 0 Å². The molecule has 0 bridgehead atoms. The van der Waals surface area contributed by atoms with Gasteiger partial charge in [0.1, 0.15) is 5.92 Å². The molecule has 0 fully saturated rings. The average molecular weight is 273 g/mol. The first kappa shape index (κ1) is 13.5. The van der Waals surface area contributed by atoms with Crippen LogP contribution in [0.4, 0.5) is 5.13 Å². The molecule has 1 aromatic heterocycles. The Labute approximate surface area is 116 Å². The summed E-state index contributed by atoms with van der Waals surface area (Å²) in [6.07, 6.45) is 0. The van der Waals surface area contributed by atoms with E-state index in [0.29, 0.717) is 5.13 Å². The van der Waals surface area contributed by atoms with E-state index in [-0.39, 0.29) is 11.8 Å².